The standard InChI is InChI=1S/C82H88O16/c1-84-81-78(93-55-67-45-27-10-28-46-67)76(91-53-65-41-23-8-24-42-65)74(89-51-63-37-19-6-20-38-63)70(96-81)58-94-82-79(77(92-54-66-43-25-9-26-44-66)73(88-50-62-35-17-5-18-36-62)69(97-82)57-86-48-60-31-13-3-14-32-60)98-80-71(83)75(90-52-64-39-21-7-22-40-64)72(87-49-61-33-15-4-16-34-61)68(95-80)56-85-47-59-29-11-2-12-30-59/h2-46,68-83H,47-58H2,1H3/t68-,69-,70-,71+,72-,73-,74-,75-,76+,77+,78+,79+,80-,81+,82+/m1/s1. The molecule has 16 heteroatoms. The van der Waals surface area contributed by atoms with E-state index in [1.54, 1.807) is 7.11 Å². The Morgan fingerprint density at radius 1 is 0.245 bits per heavy atom. The van der Waals surface area contributed by atoms with Crippen LogP contribution in [-0.4, -0.2) is 124 Å². The van der Waals surface area contributed by atoms with Crippen LogP contribution in [0.4, 0.5) is 0 Å². The van der Waals surface area contributed by atoms with E-state index in [1.807, 2.05) is 273 Å². The minimum absolute atomic E-state index is 0.0262. The minimum Gasteiger partial charge on any atom is -0.385 e. The molecule has 9 aromatic carbocycles. The van der Waals surface area contributed by atoms with Crippen LogP contribution in [0.25, 0.3) is 0 Å². The van der Waals surface area contributed by atoms with Gasteiger partial charge in [-0.2, -0.15) is 0 Å². The van der Waals surface area contributed by atoms with E-state index in [1.165, 1.54) is 0 Å². The van der Waals surface area contributed by atoms with Crippen LogP contribution in [0.15, 0.2) is 273 Å². The molecule has 0 saturated carbocycles. The molecule has 16 nitrogen and oxygen atoms in total. The van der Waals surface area contributed by atoms with Crippen molar-refractivity contribution in [3.05, 3.63) is 323 Å². The first kappa shape index (κ1) is 70.2. The van der Waals surface area contributed by atoms with E-state index in [0.717, 1.165) is 50.1 Å². The fourth-order valence-electron chi connectivity index (χ4n) is 12.4. The molecule has 512 valence electrons. The summed E-state index contributed by atoms with van der Waals surface area (Å²) in [5, 5.41) is 13.2. The summed E-state index contributed by atoms with van der Waals surface area (Å²) < 4.78 is 105. The van der Waals surface area contributed by atoms with Crippen molar-refractivity contribution in [1.82, 2.24) is 0 Å². The molecule has 1 N–H and O–H groups in total. The van der Waals surface area contributed by atoms with Gasteiger partial charge in [0.15, 0.2) is 18.9 Å². The first-order valence-electron chi connectivity index (χ1n) is 33.7. The highest BCUT2D eigenvalue weighted by Crippen LogP contribution is 2.38. The zero-order valence-corrected chi connectivity index (χ0v) is 55.2. The van der Waals surface area contributed by atoms with Crippen LogP contribution in [0.5, 0.6) is 0 Å². The minimum atomic E-state index is -1.49. The SMILES string of the molecule is CO[C@H]1O[C@H](CO[C@H]2O[C@H](COCc3ccccc3)[C@@H](OCc3ccccc3)[C@H](OCc3ccccc3)[C@@H]2O[C@H]2O[C@H](COCc3ccccc3)[C@@H](OCc3ccccc3)[C@H](OCc3ccccc3)[C@@H]2O)[C@@H](OCc2ccccc2)[C@H](OCc2ccccc2)[C@@H]1OCc1ccccc1. The molecule has 3 aliphatic heterocycles. The number of aliphatic hydroxyl groups excluding tert-OH is 1. The van der Waals surface area contributed by atoms with Crippen LogP contribution in [0.3, 0.4) is 0 Å². The Labute approximate surface area is 575 Å². The molecular weight excluding hydrogens is 1240 g/mol. The highest BCUT2D eigenvalue weighted by Gasteiger charge is 2.55. The highest BCUT2D eigenvalue weighted by atomic mass is 16.8. The quantitative estimate of drug-likeness (QED) is 0.0399. The Hall–Kier alpha value is -7.66. The van der Waals surface area contributed by atoms with Gasteiger partial charge in [-0.1, -0.05) is 273 Å². The maximum Gasteiger partial charge on any atom is 0.187 e. The lowest BCUT2D eigenvalue weighted by Crippen LogP contribution is -2.66. The van der Waals surface area contributed by atoms with Crippen molar-refractivity contribution in [3.8, 4) is 0 Å². The lowest BCUT2D eigenvalue weighted by atomic mass is 9.96. The summed E-state index contributed by atoms with van der Waals surface area (Å²) in [6.07, 6.45) is -15.4. The highest BCUT2D eigenvalue weighted by molar-refractivity contribution is 5.21. The Bertz CT molecular complexity index is 3610. The maximum absolute atomic E-state index is 13.2. The molecule has 3 saturated heterocycles. The van der Waals surface area contributed by atoms with Crippen molar-refractivity contribution >= 4 is 0 Å². The third-order valence-corrected chi connectivity index (χ3v) is 17.5. The zero-order valence-electron chi connectivity index (χ0n) is 55.2. The van der Waals surface area contributed by atoms with Crippen LogP contribution >= 0.6 is 0 Å². The van der Waals surface area contributed by atoms with Crippen molar-refractivity contribution < 1.29 is 76.2 Å². The second kappa shape index (κ2) is 37.5. The summed E-state index contributed by atoms with van der Waals surface area (Å²) in [6, 6.07) is 89.2. The van der Waals surface area contributed by atoms with Gasteiger partial charge < -0.3 is 76.2 Å². The van der Waals surface area contributed by atoms with Gasteiger partial charge in [-0.3, -0.25) is 0 Å². The third-order valence-electron chi connectivity index (χ3n) is 17.5. The molecule has 3 heterocycles. The molecule has 0 radical (unpaired) electrons. The normalized spacial score (nSPS) is 25.6. The summed E-state index contributed by atoms with van der Waals surface area (Å²) in [4.78, 5) is 0. The predicted molar refractivity (Wildman–Crippen MR) is 367 cm³/mol. The molecular formula is C82H88O16. The third kappa shape index (κ3) is 20.3. The average molecular weight is 1330 g/mol. The number of hydrogen-bond acceptors (Lipinski definition) is 16. The topological polar surface area (TPSA) is 159 Å². The van der Waals surface area contributed by atoms with Gasteiger partial charge in [0.05, 0.1) is 79.3 Å². The number of rotatable bonds is 35. The molecule has 98 heavy (non-hydrogen) atoms. The maximum atomic E-state index is 13.2. The van der Waals surface area contributed by atoms with Gasteiger partial charge in [0.1, 0.15) is 73.2 Å². The largest absolute Gasteiger partial charge is 0.385 e. The average Bonchev–Trinajstić information content (AvgIpc) is 0.778. The molecule has 0 unspecified atom stereocenters. The molecule has 3 fully saturated rings. The lowest BCUT2D eigenvalue weighted by Gasteiger charge is -2.50. The number of aliphatic hydroxyl groups is 1. The van der Waals surface area contributed by atoms with Gasteiger partial charge >= 0.3 is 0 Å². The Balaban J connectivity index is 0.932. The van der Waals surface area contributed by atoms with Crippen LogP contribution in [-0.2, 0) is 131 Å². The second-order valence-corrected chi connectivity index (χ2v) is 24.6. The molecule has 0 bridgehead atoms. The smallest absolute Gasteiger partial charge is 0.187 e. The van der Waals surface area contributed by atoms with Gasteiger partial charge in [-0.05, 0) is 50.1 Å². The molecule has 15 atom stereocenters. The molecule has 0 amide bonds. The molecule has 9 aromatic rings. The van der Waals surface area contributed by atoms with E-state index in [2.05, 4.69) is 0 Å². The number of hydrogen-bond donors (Lipinski definition) is 1. The molecule has 0 aliphatic carbocycles. The van der Waals surface area contributed by atoms with Crippen LogP contribution in [0, 0.1) is 0 Å². The van der Waals surface area contributed by atoms with Gasteiger partial charge in [0, 0.05) is 7.11 Å². The van der Waals surface area contributed by atoms with Crippen molar-refractivity contribution in [2.24, 2.45) is 0 Å². The summed E-state index contributed by atoms with van der Waals surface area (Å²) >= 11 is 0. The van der Waals surface area contributed by atoms with E-state index >= 15 is 0 Å². The first-order chi connectivity index (χ1) is 48.5. The van der Waals surface area contributed by atoms with E-state index in [-0.39, 0.29) is 79.3 Å². The van der Waals surface area contributed by atoms with Gasteiger partial charge in [0.25, 0.3) is 0 Å². The van der Waals surface area contributed by atoms with Crippen molar-refractivity contribution in [1.29, 1.82) is 0 Å². The fraction of sp³-hybridized carbons (Fsp3) is 0.341. The van der Waals surface area contributed by atoms with Crippen LogP contribution in [0.2, 0.25) is 0 Å². The van der Waals surface area contributed by atoms with Crippen molar-refractivity contribution in [2.75, 3.05) is 26.9 Å². The van der Waals surface area contributed by atoms with E-state index in [4.69, 9.17) is 71.1 Å². The summed E-state index contributed by atoms with van der Waals surface area (Å²) in [7, 11) is 1.59. The van der Waals surface area contributed by atoms with E-state index < -0.39 is 92.1 Å². The summed E-state index contributed by atoms with van der Waals surface area (Å²) in [6.45, 7) is 1.67. The molecule has 3 aliphatic rings. The number of benzene rings is 9. The molecule has 0 spiro atoms. The fourth-order valence-corrected chi connectivity index (χ4v) is 12.4. The molecule has 12 rings (SSSR count). The number of ether oxygens (including phenoxy) is 15. The predicted octanol–water partition coefficient (Wildman–Crippen LogP) is 13.1. The zero-order chi connectivity index (χ0) is 66.8. The first-order valence-corrected chi connectivity index (χ1v) is 33.7. The summed E-state index contributed by atoms with van der Waals surface area (Å²) in [5.41, 5.74) is 8.38. The Morgan fingerprint density at radius 2 is 0.490 bits per heavy atom. The summed E-state index contributed by atoms with van der Waals surface area (Å²) in [5.74, 6) is 0. The van der Waals surface area contributed by atoms with Crippen LogP contribution < -0.4 is 0 Å². The van der Waals surface area contributed by atoms with Gasteiger partial charge in [-0.25, -0.2) is 0 Å². The lowest BCUT2D eigenvalue weighted by molar-refractivity contribution is -0.385. The van der Waals surface area contributed by atoms with Crippen molar-refractivity contribution in [2.45, 2.75) is 152 Å². The van der Waals surface area contributed by atoms with Gasteiger partial charge in [-0.15, -0.1) is 0 Å². The van der Waals surface area contributed by atoms with Gasteiger partial charge in [0.2, 0.25) is 0 Å². The van der Waals surface area contributed by atoms with E-state index in [0.29, 0.717) is 0 Å². The number of methoxy groups -OCH3 is 1. The molecule has 0 aromatic heterocycles. The van der Waals surface area contributed by atoms with E-state index in [9.17, 15) is 5.11 Å². The monoisotopic (exact) mass is 1330 g/mol. The Morgan fingerprint density at radius 3 is 0.816 bits per heavy atom. The second-order valence-electron chi connectivity index (χ2n) is 24.6. The Kier molecular flexibility index (Phi) is 26.9. The van der Waals surface area contributed by atoms with Crippen molar-refractivity contribution in [3.63, 3.8) is 0 Å². The van der Waals surface area contributed by atoms with Crippen LogP contribution in [0.1, 0.15) is 50.1 Å².